The van der Waals surface area contributed by atoms with Crippen molar-refractivity contribution in [3.8, 4) is 23.0 Å². The van der Waals surface area contributed by atoms with Gasteiger partial charge in [-0.15, -0.1) is 0 Å². The van der Waals surface area contributed by atoms with E-state index in [1.54, 1.807) is 42.2 Å². The van der Waals surface area contributed by atoms with E-state index >= 15 is 0 Å². The number of amides is 2. The van der Waals surface area contributed by atoms with Gasteiger partial charge in [0.25, 0.3) is 0 Å². The van der Waals surface area contributed by atoms with Crippen LogP contribution in [0.15, 0.2) is 42.6 Å². The highest BCUT2D eigenvalue weighted by Crippen LogP contribution is 2.28. The van der Waals surface area contributed by atoms with Crippen LogP contribution in [-0.2, 0) is 12.5 Å². The molecule has 176 valence electrons. The number of nitrogens with zero attached hydrogens (tertiary/aromatic N) is 5. The molecule has 34 heavy (non-hydrogen) atoms. The second-order valence-electron chi connectivity index (χ2n) is 8.63. The quantitative estimate of drug-likeness (QED) is 0.389. The fourth-order valence-electron chi connectivity index (χ4n) is 3.02. The smallest absolute Gasteiger partial charge is 0.324 e. The average Bonchev–Trinajstić information content (AvgIpc) is 3.36. The number of hydrogen-bond donors (Lipinski definition) is 2. The molecule has 0 aliphatic carbocycles. The number of anilines is 2. The molecule has 0 atom stereocenters. The second kappa shape index (κ2) is 9.18. The zero-order valence-corrected chi connectivity index (χ0v) is 20.2. The van der Waals surface area contributed by atoms with Gasteiger partial charge in [-0.25, -0.2) is 14.2 Å². The van der Waals surface area contributed by atoms with Crippen LogP contribution in [0.2, 0.25) is 0 Å². The summed E-state index contributed by atoms with van der Waals surface area (Å²) in [6.07, 6.45) is 1.57. The molecule has 0 bridgehead atoms. The van der Waals surface area contributed by atoms with Gasteiger partial charge in [0.05, 0.1) is 11.4 Å². The molecule has 11 heteroatoms. The molecule has 1 aromatic carbocycles. The maximum Gasteiger partial charge on any atom is 0.324 e. The van der Waals surface area contributed by atoms with Crippen molar-refractivity contribution in [2.75, 3.05) is 10.6 Å². The van der Waals surface area contributed by atoms with Crippen molar-refractivity contribution in [2.24, 2.45) is 7.05 Å². The molecule has 0 fully saturated rings. The van der Waals surface area contributed by atoms with Gasteiger partial charge in [-0.1, -0.05) is 20.8 Å². The lowest BCUT2D eigenvalue weighted by Crippen LogP contribution is -2.21. The fourth-order valence-corrected chi connectivity index (χ4v) is 3.50. The predicted molar refractivity (Wildman–Crippen MR) is 129 cm³/mol. The van der Waals surface area contributed by atoms with Crippen molar-refractivity contribution in [2.45, 2.75) is 33.1 Å². The number of carbonyl (C=O) groups is 1. The Bertz CT molecular complexity index is 1340. The molecular weight excluding hydrogens is 457 g/mol. The molecule has 2 N–H and O–H groups in total. The molecule has 4 rings (SSSR count). The van der Waals surface area contributed by atoms with Gasteiger partial charge in [-0.2, -0.15) is 9.47 Å². The number of hydrogen-bond acceptors (Lipinski definition) is 7. The van der Waals surface area contributed by atoms with E-state index in [-0.39, 0.29) is 16.9 Å². The highest BCUT2D eigenvalue weighted by atomic mass is 32.1. The Morgan fingerprint density at radius 3 is 2.53 bits per heavy atom. The monoisotopic (exact) mass is 481 g/mol. The van der Waals surface area contributed by atoms with Crippen LogP contribution in [-0.4, -0.2) is 30.2 Å². The van der Waals surface area contributed by atoms with Crippen LogP contribution in [0.1, 0.15) is 31.5 Å². The van der Waals surface area contributed by atoms with Gasteiger partial charge in [0.15, 0.2) is 5.82 Å². The number of ether oxygens (including phenoxy) is 1. The number of nitrogens with one attached hydrogen (secondary N) is 2. The number of pyridine rings is 1. The summed E-state index contributed by atoms with van der Waals surface area (Å²) >= 11 is 1.28. The lowest BCUT2D eigenvalue weighted by Gasteiger charge is -2.13. The van der Waals surface area contributed by atoms with Gasteiger partial charge in [0.1, 0.15) is 33.8 Å². The van der Waals surface area contributed by atoms with E-state index < -0.39 is 11.8 Å². The number of benzene rings is 1. The summed E-state index contributed by atoms with van der Waals surface area (Å²) in [6.45, 7) is 7.95. The predicted octanol–water partition coefficient (Wildman–Crippen LogP) is 5.51. The first-order chi connectivity index (χ1) is 16.1. The Morgan fingerprint density at radius 1 is 1.12 bits per heavy atom. The molecule has 9 nitrogen and oxygen atoms in total. The highest BCUT2D eigenvalue weighted by Gasteiger charge is 2.20. The van der Waals surface area contributed by atoms with E-state index in [2.05, 4.69) is 30.1 Å². The number of rotatable bonds is 5. The number of aryl methyl sites for hydroxylation is 2. The van der Waals surface area contributed by atoms with E-state index in [1.165, 1.54) is 23.7 Å². The van der Waals surface area contributed by atoms with Crippen LogP contribution in [0.4, 0.5) is 20.7 Å². The van der Waals surface area contributed by atoms with Crippen molar-refractivity contribution in [1.82, 2.24) is 24.1 Å². The van der Waals surface area contributed by atoms with Gasteiger partial charge in [0.2, 0.25) is 0 Å². The van der Waals surface area contributed by atoms with Crippen molar-refractivity contribution < 1.29 is 13.9 Å². The lowest BCUT2D eigenvalue weighted by atomic mass is 9.92. The maximum absolute atomic E-state index is 14.7. The normalized spacial score (nSPS) is 11.4. The topological polar surface area (TPSA) is 107 Å². The standard InChI is InChI=1S/C23H24FN7O2S/c1-13-26-21(30-34-13)18-11-15(8-9-25-18)33-14-6-7-17(16(24)10-14)27-22(32)28-20-12-19(23(2,3)4)29-31(20)5/h6-12H,1-5H3,(H2,27,28,32). The van der Waals surface area contributed by atoms with E-state index in [1.807, 2.05) is 27.7 Å². The largest absolute Gasteiger partial charge is 0.457 e. The summed E-state index contributed by atoms with van der Waals surface area (Å²) in [4.78, 5) is 21.0. The summed E-state index contributed by atoms with van der Waals surface area (Å²) in [5, 5.41) is 10.4. The SMILES string of the molecule is Cc1nc(-c2cc(Oc3ccc(NC(=O)Nc4cc(C(C)(C)C)nn4C)c(F)c3)ccn2)ns1. The first-order valence-electron chi connectivity index (χ1n) is 10.4. The van der Waals surface area contributed by atoms with Crippen molar-refractivity contribution in [1.29, 1.82) is 0 Å². The minimum atomic E-state index is -0.640. The van der Waals surface area contributed by atoms with E-state index in [9.17, 15) is 9.18 Å². The molecule has 0 unspecified atom stereocenters. The van der Waals surface area contributed by atoms with Gasteiger partial charge >= 0.3 is 6.03 Å². The van der Waals surface area contributed by atoms with Crippen LogP contribution in [0.5, 0.6) is 11.5 Å². The lowest BCUT2D eigenvalue weighted by molar-refractivity contribution is 0.262. The number of halogens is 1. The third-order valence-corrected chi connectivity index (χ3v) is 5.42. The Balaban J connectivity index is 1.43. The molecule has 3 heterocycles. The van der Waals surface area contributed by atoms with Gasteiger partial charge in [-0.05, 0) is 36.7 Å². The summed E-state index contributed by atoms with van der Waals surface area (Å²) in [5.41, 5.74) is 1.24. The highest BCUT2D eigenvalue weighted by molar-refractivity contribution is 7.05. The fraction of sp³-hybridized carbons (Fsp3) is 0.261. The second-order valence-corrected chi connectivity index (χ2v) is 9.58. The Morgan fingerprint density at radius 2 is 1.88 bits per heavy atom. The first kappa shape index (κ1) is 23.3. The van der Waals surface area contributed by atoms with E-state index in [4.69, 9.17) is 4.74 Å². The Labute approximate surface area is 200 Å². The molecule has 0 aliphatic rings. The molecule has 0 spiro atoms. The maximum atomic E-state index is 14.7. The van der Waals surface area contributed by atoms with Crippen LogP contribution in [0, 0.1) is 12.7 Å². The third kappa shape index (κ3) is 5.37. The summed E-state index contributed by atoms with van der Waals surface area (Å²) in [6, 6.07) is 8.73. The van der Waals surface area contributed by atoms with Gasteiger partial charge in [0, 0.05) is 36.9 Å². The number of aromatic nitrogens is 5. The minimum Gasteiger partial charge on any atom is -0.457 e. The molecule has 3 aromatic heterocycles. The first-order valence-corrected chi connectivity index (χ1v) is 11.2. The molecule has 4 aromatic rings. The molecule has 0 aliphatic heterocycles. The van der Waals surface area contributed by atoms with Crippen LogP contribution < -0.4 is 15.4 Å². The van der Waals surface area contributed by atoms with Crippen LogP contribution in [0.3, 0.4) is 0 Å². The molecule has 0 saturated heterocycles. The van der Waals surface area contributed by atoms with Crippen LogP contribution >= 0.6 is 11.5 Å². The zero-order chi connectivity index (χ0) is 24.5. The van der Waals surface area contributed by atoms with E-state index in [0.717, 1.165) is 10.7 Å². The average molecular weight is 482 g/mol. The van der Waals surface area contributed by atoms with Gasteiger partial charge < -0.3 is 10.1 Å². The minimum absolute atomic E-state index is 0.0145. The van der Waals surface area contributed by atoms with E-state index in [0.29, 0.717) is 23.1 Å². The molecular formula is C23H24FN7O2S. The zero-order valence-electron chi connectivity index (χ0n) is 19.4. The summed E-state index contributed by atoms with van der Waals surface area (Å²) < 4.78 is 26.2. The van der Waals surface area contributed by atoms with Crippen molar-refractivity contribution >= 4 is 29.1 Å². The van der Waals surface area contributed by atoms with Crippen molar-refractivity contribution in [3.05, 3.63) is 59.1 Å². The Kier molecular flexibility index (Phi) is 6.29. The molecule has 0 radical (unpaired) electrons. The molecule has 0 saturated carbocycles. The van der Waals surface area contributed by atoms with Crippen molar-refractivity contribution in [3.63, 3.8) is 0 Å². The third-order valence-electron chi connectivity index (χ3n) is 4.80. The number of urea groups is 1. The van der Waals surface area contributed by atoms with Crippen LogP contribution in [0.25, 0.3) is 11.5 Å². The summed E-state index contributed by atoms with van der Waals surface area (Å²) in [5.74, 6) is 1.10. The van der Waals surface area contributed by atoms with Gasteiger partial charge in [-0.3, -0.25) is 15.0 Å². The number of carbonyl (C=O) groups excluding carboxylic acids is 1. The Hall–Kier alpha value is -3.86. The molecule has 2 amide bonds. The summed E-state index contributed by atoms with van der Waals surface area (Å²) in [7, 11) is 1.73.